The Balaban J connectivity index is 1.25. The molecule has 3 aromatic rings. The van der Waals surface area contributed by atoms with Crippen LogP contribution in [0.2, 0.25) is 0 Å². The van der Waals surface area contributed by atoms with Crippen LogP contribution >= 0.6 is 0 Å². The Labute approximate surface area is 229 Å². The highest BCUT2D eigenvalue weighted by atomic mass is 16.1. The lowest BCUT2D eigenvalue weighted by Gasteiger charge is -2.33. The van der Waals surface area contributed by atoms with E-state index >= 15 is 0 Å². The molecule has 0 spiro atoms. The number of aromatic nitrogens is 3. The van der Waals surface area contributed by atoms with Gasteiger partial charge in [0.1, 0.15) is 5.69 Å². The molecular formula is C32H34N6O. The number of fused-ring (bicyclic) bond motifs is 1. The summed E-state index contributed by atoms with van der Waals surface area (Å²) in [5, 5.41) is 4.61. The average molecular weight is 519 g/mol. The van der Waals surface area contributed by atoms with Crippen molar-refractivity contribution in [2.24, 2.45) is 4.99 Å². The third-order valence-corrected chi connectivity index (χ3v) is 7.98. The van der Waals surface area contributed by atoms with Crippen LogP contribution in [0.15, 0.2) is 59.7 Å². The molecule has 1 saturated heterocycles. The predicted octanol–water partition coefficient (Wildman–Crippen LogP) is 3.08. The Hall–Kier alpha value is -3.89. The van der Waals surface area contributed by atoms with Crippen molar-refractivity contribution in [2.75, 3.05) is 24.5 Å². The topological polar surface area (TPSA) is 83.4 Å². The molecule has 1 aliphatic carbocycles. The van der Waals surface area contributed by atoms with E-state index in [0.717, 1.165) is 68.2 Å². The maximum absolute atomic E-state index is 12.7. The monoisotopic (exact) mass is 518 g/mol. The van der Waals surface area contributed by atoms with Gasteiger partial charge in [-0.3, -0.25) is 4.79 Å². The molecule has 4 heterocycles. The van der Waals surface area contributed by atoms with Crippen LogP contribution in [0.1, 0.15) is 67.8 Å². The van der Waals surface area contributed by atoms with Crippen molar-refractivity contribution in [1.82, 2.24) is 20.3 Å². The van der Waals surface area contributed by atoms with E-state index in [-0.39, 0.29) is 12.3 Å². The van der Waals surface area contributed by atoms with Gasteiger partial charge in [-0.05, 0) is 62.3 Å². The number of benzene rings is 1. The van der Waals surface area contributed by atoms with Gasteiger partial charge in [0.05, 0.1) is 17.3 Å². The largest absolute Gasteiger partial charge is 0.341 e. The van der Waals surface area contributed by atoms with E-state index in [1.807, 2.05) is 18.2 Å². The Bertz CT molecular complexity index is 1500. The first-order valence-electron chi connectivity index (χ1n) is 14.2. The molecule has 7 nitrogen and oxygen atoms in total. The van der Waals surface area contributed by atoms with E-state index in [2.05, 4.69) is 62.4 Å². The molecule has 0 atom stereocenters. The second kappa shape index (κ2) is 11.9. The second-order valence-electron chi connectivity index (χ2n) is 10.7. The maximum atomic E-state index is 12.7. The third-order valence-electron chi connectivity index (χ3n) is 7.98. The van der Waals surface area contributed by atoms with Gasteiger partial charge in [-0.2, -0.15) is 9.98 Å². The van der Waals surface area contributed by atoms with Crippen LogP contribution in [0, 0.1) is 11.8 Å². The Kier molecular flexibility index (Phi) is 7.73. The number of carbonyl (C=O) groups is 1. The fourth-order valence-corrected chi connectivity index (χ4v) is 5.89. The van der Waals surface area contributed by atoms with Gasteiger partial charge in [-0.15, -0.1) is 0 Å². The zero-order chi connectivity index (χ0) is 26.4. The molecule has 2 aromatic heterocycles. The van der Waals surface area contributed by atoms with Gasteiger partial charge in [-0.25, -0.2) is 9.97 Å². The number of nitrogens with one attached hydrogen (secondary N) is 1. The lowest BCUT2D eigenvalue weighted by molar-refractivity contribution is -0.117. The van der Waals surface area contributed by atoms with E-state index in [0.29, 0.717) is 29.1 Å². The number of piperidine rings is 1. The highest BCUT2D eigenvalue weighted by Crippen LogP contribution is 2.32. The Morgan fingerprint density at radius 1 is 0.923 bits per heavy atom. The number of carbonyl (C=O) groups excluding carboxylic acids is 1. The maximum Gasteiger partial charge on any atom is 0.252 e. The molecule has 2 fully saturated rings. The van der Waals surface area contributed by atoms with Gasteiger partial charge in [0, 0.05) is 36.8 Å². The number of rotatable bonds is 6. The smallest absolute Gasteiger partial charge is 0.252 e. The highest BCUT2D eigenvalue weighted by molar-refractivity contribution is 5.90. The van der Waals surface area contributed by atoms with E-state index < -0.39 is 0 Å². The molecule has 1 aromatic carbocycles. The van der Waals surface area contributed by atoms with Crippen molar-refractivity contribution in [3.63, 3.8) is 0 Å². The molecular weight excluding hydrogens is 484 g/mol. The molecule has 0 radical (unpaired) electrons. The molecule has 6 rings (SSSR count). The van der Waals surface area contributed by atoms with Gasteiger partial charge in [0.2, 0.25) is 5.95 Å². The number of amides is 1. The zero-order valence-electron chi connectivity index (χ0n) is 22.3. The average Bonchev–Trinajstić information content (AvgIpc) is 3.52. The summed E-state index contributed by atoms with van der Waals surface area (Å²) in [7, 11) is 0. The van der Waals surface area contributed by atoms with Crippen LogP contribution < -0.4 is 20.9 Å². The lowest BCUT2D eigenvalue weighted by Crippen LogP contribution is -2.46. The van der Waals surface area contributed by atoms with Gasteiger partial charge in [0.15, 0.2) is 5.49 Å². The van der Waals surface area contributed by atoms with Gasteiger partial charge < -0.3 is 10.2 Å². The minimum Gasteiger partial charge on any atom is -0.341 e. The fraction of sp³-hybridized carbons (Fsp3) is 0.406. The van der Waals surface area contributed by atoms with Crippen molar-refractivity contribution in [1.29, 1.82) is 0 Å². The summed E-state index contributed by atoms with van der Waals surface area (Å²) < 4.78 is 0. The molecule has 1 saturated carbocycles. The molecule has 0 unspecified atom stereocenters. The molecule has 0 bridgehead atoms. The Morgan fingerprint density at radius 3 is 2.49 bits per heavy atom. The molecule has 7 heteroatoms. The van der Waals surface area contributed by atoms with Crippen LogP contribution in [-0.2, 0) is 11.2 Å². The summed E-state index contributed by atoms with van der Waals surface area (Å²) >= 11 is 0. The number of pyridine rings is 1. The first-order chi connectivity index (χ1) is 19.2. The van der Waals surface area contributed by atoms with Gasteiger partial charge in [0.25, 0.3) is 5.91 Å². The van der Waals surface area contributed by atoms with Crippen LogP contribution in [0.3, 0.4) is 0 Å². The fourth-order valence-electron chi connectivity index (χ4n) is 5.89. The number of nitrogens with zero attached hydrogens (tertiary/aromatic N) is 5. The zero-order valence-corrected chi connectivity index (χ0v) is 22.3. The summed E-state index contributed by atoms with van der Waals surface area (Å²) in [5.74, 6) is 7.24. The van der Waals surface area contributed by atoms with Crippen molar-refractivity contribution in [3.05, 3.63) is 82.4 Å². The van der Waals surface area contributed by atoms with Crippen molar-refractivity contribution in [2.45, 2.75) is 63.3 Å². The van der Waals surface area contributed by atoms with Crippen LogP contribution in [0.25, 0.3) is 5.57 Å². The quantitative estimate of drug-likeness (QED) is 0.505. The summed E-state index contributed by atoms with van der Waals surface area (Å²) in [5.41, 5.74) is 4.33. The summed E-state index contributed by atoms with van der Waals surface area (Å²) in [6, 6.07) is 16.8. The summed E-state index contributed by atoms with van der Waals surface area (Å²) in [4.78, 5) is 33.7. The number of anilines is 1. The van der Waals surface area contributed by atoms with Crippen LogP contribution in [-0.4, -0.2) is 46.5 Å². The first-order valence-corrected chi connectivity index (χ1v) is 14.2. The summed E-state index contributed by atoms with van der Waals surface area (Å²) in [6.45, 7) is 2.75. The second-order valence-corrected chi connectivity index (χ2v) is 10.7. The van der Waals surface area contributed by atoms with E-state index in [9.17, 15) is 4.79 Å². The summed E-state index contributed by atoms with van der Waals surface area (Å²) in [6.07, 6.45) is 9.63. The third kappa shape index (κ3) is 6.07. The van der Waals surface area contributed by atoms with Crippen LogP contribution in [0.4, 0.5) is 5.95 Å². The van der Waals surface area contributed by atoms with Gasteiger partial charge >= 0.3 is 0 Å². The molecule has 2 aliphatic heterocycles. The standard InChI is InChI=1S/C32H34N6O/c39-28-22-25(13-14-26-12-6-7-18-33-26)29-30(24-10-4-5-11-24)36-32(37-31(29)35-28)38-20-16-27(17-21-38)34-19-15-23-8-2-1-3-9-23/h1-3,6-9,12,18,24,27,34H,4-5,10-11,15-17,19-22H2. The minimum atomic E-state index is -0.198. The number of hydrogen-bond acceptors (Lipinski definition) is 6. The predicted molar refractivity (Wildman–Crippen MR) is 152 cm³/mol. The van der Waals surface area contributed by atoms with Crippen molar-refractivity contribution >= 4 is 17.4 Å². The minimum absolute atomic E-state index is 0.190. The highest BCUT2D eigenvalue weighted by Gasteiger charge is 2.27. The molecule has 39 heavy (non-hydrogen) atoms. The van der Waals surface area contributed by atoms with E-state index in [1.54, 1.807) is 6.20 Å². The first kappa shape index (κ1) is 25.4. The Morgan fingerprint density at radius 2 is 1.72 bits per heavy atom. The van der Waals surface area contributed by atoms with Gasteiger partial charge in [-0.1, -0.05) is 55.2 Å². The van der Waals surface area contributed by atoms with E-state index in [4.69, 9.17) is 9.97 Å². The van der Waals surface area contributed by atoms with Crippen molar-refractivity contribution < 1.29 is 4.79 Å². The molecule has 3 aliphatic rings. The SMILES string of the molecule is O=C1CC(C#Cc2ccccn2)=c2c(C3CCCC3)nc(N3CCC(NCCc4ccccc4)CC3)nc2=N1. The molecule has 1 N–H and O–H groups in total. The van der Waals surface area contributed by atoms with Crippen LogP contribution in [0.5, 0.6) is 0 Å². The lowest BCUT2D eigenvalue weighted by atomic mass is 9.97. The normalized spacial score (nSPS) is 17.9. The number of hydrogen-bond donors (Lipinski definition) is 1. The van der Waals surface area contributed by atoms with Crippen molar-refractivity contribution in [3.8, 4) is 11.8 Å². The van der Waals surface area contributed by atoms with E-state index in [1.165, 1.54) is 18.4 Å². The molecule has 198 valence electrons. The molecule has 1 amide bonds.